The van der Waals surface area contributed by atoms with Crippen molar-refractivity contribution < 1.29 is 23.6 Å². The lowest BCUT2D eigenvalue weighted by Crippen LogP contribution is -2.45. The molecule has 0 spiro atoms. The molecular formula is C17H19FN4O4. The van der Waals surface area contributed by atoms with Gasteiger partial charge >= 0.3 is 12.0 Å². The van der Waals surface area contributed by atoms with Crippen LogP contribution in [0, 0.1) is 11.7 Å². The number of piperidine rings is 1. The smallest absolute Gasteiger partial charge is 0.317 e. The van der Waals surface area contributed by atoms with Crippen molar-refractivity contribution >= 4 is 12.0 Å². The minimum absolute atomic E-state index is 0.0324. The number of likely N-dealkylation sites (tertiary alicyclic amines) is 1. The topological polar surface area (TPSA) is 109 Å². The summed E-state index contributed by atoms with van der Waals surface area (Å²) in [7, 11) is 0. The van der Waals surface area contributed by atoms with Gasteiger partial charge in [0.05, 0.1) is 6.54 Å². The summed E-state index contributed by atoms with van der Waals surface area (Å²) in [5, 5.41) is 15.4. The van der Waals surface area contributed by atoms with Gasteiger partial charge in [-0.3, -0.25) is 4.79 Å². The third kappa shape index (κ3) is 4.56. The van der Waals surface area contributed by atoms with E-state index < -0.39 is 11.8 Å². The Labute approximate surface area is 149 Å². The van der Waals surface area contributed by atoms with Crippen LogP contribution in [0.15, 0.2) is 28.8 Å². The van der Waals surface area contributed by atoms with Crippen LogP contribution in [0.1, 0.15) is 25.2 Å². The number of carboxylic acids is 1. The Morgan fingerprint density at radius 2 is 2.27 bits per heavy atom. The number of hydrogen-bond acceptors (Lipinski definition) is 5. The molecule has 0 bridgehead atoms. The standard InChI is InChI=1S/C17H19FN4O4/c18-13-5-1-4-12(8-13)16-20-14(26-21-16)9-19-17(25)22-6-2-3-11(10-22)7-15(23)24/h1,4-5,8,11H,2-3,6-7,9-10H2,(H,19,25)(H,23,24). The average Bonchev–Trinajstić information content (AvgIpc) is 3.08. The van der Waals surface area contributed by atoms with Crippen LogP contribution >= 0.6 is 0 Å². The first-order chi connectivity index (χ1) is 12.5. The highest BCUT2D eigenvalue weighted by molar-refractivity contribution is 5.74. The fraction of sp³-hybridized carbons (Fsp3) is 0.412. The van der Waals surface area contributed by atoms with E-state index in [9.17, 15) is 14.0 Å². The minimum atomic E-state index is -0.854. The van der Waals surface area contributed by atoms with Gasteiger partial charge in [0.1, 0.15) is 5.82 Å². The lowest BCUT2D eigenvalue weighted by Gasteiger charge is -2.31. The van der Waals surface area contributed by atoms with E-state index in [0.29, 0.717) is 18.7 Å². The van der Waals surface area contributed by atoms with Crippen LogP contribution in [0.4, 0.5) is 9.18 Å². The number of carbonyl (C=O) groups is 2. The summed E-state index contributed by atoms with van der Waals surface area (Å²) in [5.41, 5.74) is 0.485. The van der Waals surface area contributed by atoms with E-state index in [1.807, 2.05) is 0 Å². The van der Waals surface area contributed by atoms with Crippen LogP contribution in [-0.4, -0.2) is 45.2 Å². The molecule has 1 aromatic heterocycles. The van der Waals surface area contributed by atoms with E-state index in [2.05, 4.69) is 15.5 Å². The van der Waals surface area contributed by atoms with Gasteiger partial charge in [0.25, 0.3) is 0 Å². The van der Waals surface area contributed by atoms with Crippen molar-refractivity contribution in [1.29, 1.82) is 0 Å². The highest BCUT2D eigenvalue weighted by atomic mass is 19.1. The molecule has 1 aliphatic heterocycles. The number of benzene rings is 1. The van der Waals surface area contributed by atoms with E-state index in [0.717, 1.165) is 12.8 Å². The Hall–Kier alpha value is -2.97. The quantitative estimate of drug-likeness (QED) is 0.845. The van der Waals surface area contributed by atoms with E-state index in [-0.39, 0.29) is 36.6 Å². The molecule has 2 amide bonds. The molecule has 0 saturated carbocycles. The van der Waals surface area contributed by atoms with Crippen LogP contribution in [0.2, 0.25) is 0 Å². The largest absolute Gasteiger partial charge is 0.481 e. The average molecular weight is 362 g/mol. The first-order valence-electron chi connectivity index (χ1n) is 8.34. The van der Waals surface area contributed by atoms with Gasteiger partial charge in [0.2, 0.25) is 11.7 Å². The molecule has 1 aromatic carbocycles. The lowest BCUT2D eigenvalue weighted by molar-refractivity contribution is -0.138. The number of amides is 2. The van der Waals surface area contributed by atoms with E-state index >= 15 is 0 Å². The molecule has 138 valence electrons. The Kier molecular flexibility index (Phi) is 5.45. The number of nitrogens with zero attached hydrogens (tertiary/aromatic N) is 3. The van der Waals surface area contributed by atoms with Crippen molar-refractivity contribution in [2.45, 2.75) is 25.8 Å². The summed E-state index contributed by atoms with van der Waals surface area (Å²) < 4.78 is 18.3. The molecule has 9 heteroatoms. The van der Waals surface area contributed by atoms with E-state index in [4.69, 9.17) is 9.63 Å². The van der Waals surface area contributed by atoms with Crippen molar-refractivity contribution in [2.75, 3.05) is 13.1 Å². The lowest BCUT2D eigenvalue weighted by atomic mass is 9.95. The van der Waals surface area contributed by atoms with Gasteiger partial charge in [-0.2, -0.15) is 4.98 Å². The monoisotopic (exact) mass is 362 g/mol. The summed E-state index contributed by atoms with van der Waals surface area (Å²) in [6.45, 7) is 1.04. The van der Waals surface area contributed by atoms with Crippen molar-refractivity contribution in [3.63, 3.8) is 0 Å². The molecule has 1 atom stereocenters. The second-order valence-corrected chi connectivity index (χ2v) is 6.23. The Morgan fingerprint density at radius 3 is 3.04 bits per heavy atom. The van der Waals surface area contributed by atoms with Crippen LogP contribution in [0.5, 0.6) is 0 Å². The zero-order valence-corrected chi connectivity index (χ0v) is 14.0. The molecule has 0 radical (unpaired) electrons. The molecule has 1 unspecified atom stereocenters. The Morgan fingerprint density at radius 1 is 1.42 bits per heavy atom. The number of carbonyl (C=O) groups excluding carboxylic acids is 1. The third-order valence-electron chi connectivity index (χ3n) is 4.21. The summed E-state index contributed by atoms with van der Waals surface area (Å²) in [4.78, 5) is 28.8. The fourth-order valence-corrected chi connectivity index (χ4v) is 3.00. The van der Waals surface area contributed by atoms with Crippen molar-refractivity contribution in [1.82, 2.24) is 20.4 Å². The molecule has 1 fully saturated rings. The number of nitrogens with one attached hydrogen (secondary N) is 1. The number of carboxylic acid groups (broad SMARTS) is 1. The second kappa shape index (κ2) is 7.94. The van der Waals surface area contributed by atoms with Gasteiger partial charge in [0.15, 0.2) is 0 Å². The Bertz CT molecular complexity index is 795. The first kappa shape index (κ1) is 17.8. The summed E-state index contributed by atoms with van der Waals surface area (Å²) >= 11 is 0. The number of rotatable bonds is 5. The summed E-state index contributed by atoms with van der Waals surface area (Å²) in [5.74, 6) is -0.837. The van der Waals surface area contributed by atoms with E-state index in [1.54, 1.807) is 17.0 Å². The number of urea groups is 1. The molecule has 1 aliphatic rings. The molecule has 3 rings (SSSR count). The van der Waals surface area contributed by atoms with Gasteiger partial charge in [-0.1, -0.05) is 17.3 Å². The van der Waals surface area contributed by atoms with Gasteiger partial charge in [0, 0.05) is 25.1 Å². The van der Waals surface area contributed by atoms with Crippen molar-refractivity contribution in [3.8, 4) is 11.4 Å². The number of halogens is 1. The summed E-state index contributed by atoms with van der Waals surface area (Å²) in [6.07, 6.45) is 1.64. The fourth-order valence-electron chi connectivity index (χ4n) is 3.00. The van der Waals surface area contributed by atoms with Crippen LogP contribution in [0.25, 0.3) is 11.4 Å². The van der Waals surface area contributed by atoms with Crippen molar-refractivity contribution in [3.05, 3.63) is 36.0 Å². The normalized spacial score (nSPS) is 17.1. The zero-order chi connectivity index (χ0) is 18.5. The number of hydrogen-bond donors (Lipinski definition) is 2. The second-order valence-electron chi connectivity index (χ2n) is 6.23. The van der Waals surface area contributed by atoms with Crippen molar-refractivity contribution in [2.24, 2.45) is 5.92 Å². The molecule has 8 nitrogen and oxygen atoms in total. The number of aromatic nitrogens is 2. The van der Waals surface area contributed by atoms with Gasteiger partial charge in [-0.05, 0) is 30.9 Å². The van der Waals surface area contributed by atoms with Crippen LogP contribution in [-0.2, 0) is 11.3 Å². The highest BCUT2D eigenvalue weighted by Crippen LogP contribution is 2.20. The number of aliphatic carboxylic acids is 1. The third-order valence-corrected chi connectivity index (χ3v) is 4.21. The predicted molar refractivity (Wildman–Crippen MR) is 88.5 cm³/mol. The minimum Gasteiger partial charge on any atom is -0.481 e. The molecular weight excluding hydrogens is 343 g/mol. The first-order valence-corrected chi connectivity index (χ1v) is 8.34. The zero-order valence-electron chi connectivity index (χ0n) is 14.0. The Balaban J connectivity index is 1.54. The molecule has 2 N–H and O–H groups in total. The SMILES string of the molecule is O=C(O)CC1CCCN(C(=O)NCc2nc(-c3cccc(F)c3)no2)C1. The molecule has 2 aromatic rings. The van der Waals surface area contributed by atoms with Gasteiger partial charge in [-0.15, -0.1) is 0 Å². The van der Waals surface area contributed by atoms with Gasteiger partial charge in [-0.25, -0.2) is 9.18 Å². The maximum atomic E-state index is 13.2. The van der Waals surface area contributed by atoms with Crippen LogP contribution in [0.3, 0.4) is 0 Å². The molecule has 1 saturated heterocycles. The molecule has 2 heterocycles. The predicted octanol–water partition coefficient (Wildman–Crippen LogP) is 2.27. The maximum Gasteiger partial charge on any atom is 0.317 e. The van der Waals surface area contributed by atoms with Crippen LogP contribution < -0.4 is 5.32 Å². The summed E-state index contributed by atoms with van der Waals surface area (Å²) in [6, 6.07) is 5.52. The maximum absolute atomic E-state index is 13.2. The van der Waals surface area contributed by atoms with E-state index in [1.165, 1.54) is 12.1 Å². The molecule has 0 aliphatic carbocycles. The molecule has 26 heavy (non-hydrogen) atoms. The highest BCUT2D eigenvalue weighted by Gasteiger charge is 2.25. The van der Waals surface area contributed by atoms with Gasteiger partial charge < -0.3 is 19.8 Å².